The lowest BCUT2D eigenvalue weighted by atomic mass is 10.1. The summed E-state index contributed by atoms with van der Waals surface area (Å²) in [5.41, 5.74) is 2.40. The third kappa shape index (κ3) is 3.92. The average molecular weight is 363 g/mol. The molecule has 0 radical (unpaired) electrons. The van der Waals surface area contributed by atoms with Crippen molar-refractivity contribution in [3.05, 3.63) is 75.7 Å². The predicted molar refractivity (Wildman–Crippen MR) is 108 cm³/mol. The van der Waals surface area contributed by atoms with E-state index in [1.54, 1.807) is 24.1 Å². The van der Waals surface area contributed by atoms with Gasteiger partial charge in [-0.3, -0.25) is 9.59 Å². The fraction of sp³-hybridized carbons (Fsp3) is 0.318. The van der Waals surface area contributed by atoms with E-state index in [1.165, 1.54) is 4.68 Å². The topological polar surface area (TPSA) is 55.2 Å². The Bertz CT molecular complexity index is 1040. The molecule has 0 unspecified atom stereocenters. The maximum absolute atomic E-state index is 13.2. The van der Waals surface area contributed by atoms with E-state index in [-0.39, 0.29) is 17.4 Å². The second-order valence-corrected chi connectivity index (χ2v) is 7.36. The second kappa shape index (κ2) is 7.74. The van der Waals surface area contributed by atoms with Crippen LogP contribution < -0.4 is 5.56 Å². The van der Waals surface area contributed by atoms with E-state index in [1.807, 2.05) is 57.2 Å². The third-order valence-corrected chi connectivity index (χ3v) is 4.62. The van der Waals surface area contributed by atoms with Gasteiger partial charge in [0.2, 0.25) is 0 Å². The second-order valence-electron chi connectivity index (χ2n) is 7.36. The highest BCUT2D eigenvalue weighted by Gasteiger charge is 2.20. The van der Waals surface area contributed by atoms with Crippen LogP contribution in [0.5, 0.6) is 0 Å². The van der Waals surface area contributed by atoms with Gasteiger partial charge in [-0.25, -0.2) is 4.68 Å². The van der Waals surface area contributed by atoms with Crippen molar-refractivity contribution in [2.45, 2.75) is 33.9 Å². The van der Waals surface area contributed by atoms with Gasteiger partial charge in [0.1, 0.15) is 0 Å². The van der Waals surface area contributed by atoms with Crippen LogP contribution >= 0.6 is 0 Å². The monoisotopic (exact) mass is 363 g/mol. The standard InChI is InChI=1S/C22H25N3O2/c1-15(2)13-25-21(26)19-12-8-7-11-18(19)20(23-25)22(27)24(4)14-17-10-6-5-9-16(17)3/h5-12,15H,13-14H2,1-4H3. The van der Waals surface area contributed by atoms with Crippen molar-refractivity contribution in [2.75, 3.05) is 7.05 Å². The molecule has 3 rings (SSSR count). The molecule has 0 aliphatic carbocycles. The normalized spacial score (nSPS) is 11.1. The van der Waals surface area contributed by atoms with Crippen LogP contribution in [-0.2, 0) is 13.1 Å². The molecule has 0 fully saturated rings. The zero-order valence-corrected chi connectivity index (χ0v) is 16.3. The lowest BCUT2D eigenvalue weighted by Gasteiger charge is -2.20. The number of hydrogen-bond acceptors (Lipinski definition) is 3. The van der Waals surface area contributed by atoms with Gasteiger partial charge in [-0.2, -0.15) is 5.10 Å². The van der Waals surface area contributed by atoms with Gasteiger partial charge in [0.05, 0.1) is 5.39 Å². The zero-order valence-electron chi connectivity index (χ0n) is 16.3. The van der Waals surface area contributed by atoms with E-state index in [9.17, 15) is 9.59 Å². The number of rotatable bonds is 5. The van der Waals surface area contributed by atoms with Crippen LogP contribution in [0.3, 0.4) is 0 Å². The molecule has 1 aromatic heterocycles. The number of benzene rings is 2. The van der Waals surface area contributed by atoms with Gasteiger partial charge in [0.25, 0.3) is 11.5 Å². The Morgan fingerprint density at radius 1 is 1.07 bits per heavy atom. The Balaban J connectivity index is 2.04. The van der Waals surface area contributed by atoms with E-state index in [4.69, 9.17) is 0 Å². The quantitative estimate of drug-likeness (QED) is 0.695. The van der Waals surface area contributed by atoms with Crippen molar-refractivity contribution in [3.63, 3.8) is 0 Å². The Morgan fingerprint density at radius 3 is 2.37 bits per heavy atom. The van der Waals surface area contributed by atoms with Crippen LogP contribution in [0.2, 0.25) is 0 Å². The number of hydrogen-bond donors (Lipinski definition) is 0. The molecule has 0 saturated carbocycles. The van der Waals surface area contributed by atoms with Crippen LogP contribution in [0.25, 0.3) is 10.8 Å². The van der Waals surface area contributed by atoms with Crippen LogP contribution in [0.4, 0.5) is 0 Å². The van der Waals surface area contributed by atoms with E-state index in [0.29, 0.717) is 29.6 Å². The molecule has 2 aromatic carbocycles. The Hall–Kier alpha value is -2.95. The average Bonchev–Trinajstić information content (AvgIpc) is 2.65. The number of aromatic nitrogens is 2. The zero-order chi connectivity index (χ0) is 19.6. The highest BCUT2D eigenvalue weighted by molar-refractivity contribution is 6.04. The SMILES string of the molecule is Cc1ccccc1CN(C)C(=O)c1nn(CC(C)C)c(=O)c2ccccc12. The molecular formula is C22H25N3O2. The fourth-order valence-electron chi connectivity index (χ4n) is 3.16. The van der Waals surface area contributed by atoms with Crippen molar-refractivity contribution in [2.24, 2.45) is 5.92 Å². The van der Waals surface area contributed by atoms with Crippen LogP contribution in [0.15, 0.2) is 53.3 Å². The van der Waals surface area contributed by atoms with Gasteiger partial charge in [-0.15, -0.1) is 0 Å². The summed E-state index contributed by atoms with van der Waals surface area (Å²) in [6, 6.07) is 15.2. The first-order chi connectivity index (χ1) is 12.9. The summed E-state index contributed by atoms with van der Waals surface area (Å²) in [7, 11) is 1.77. The van der Waals surface area contributed by atoms with Gasteiger partial charge < -0.3 is 4.90 Å². The highest BCUT2D eigenvalue weighted by Crippen LogP contribution is 2.17. The van der Waals surface area contributed by atoms with Gasteiger partial charge in [0, 0.05) is 25.5 Å². The molecule has 0 aliphatic heterocycles. The molecular weight excluding hydrogens is 338 g/mol. The largest absolute Gasteiger partial charge is 0.336 e. The van der Waals surface area contributed by atoms with Crippen molar-refractivity contribution in [3.8, 4) is 0 Å². The highest BCUT2D eigenvalue weighted by atomic mass is 16.2. The van der Waals surface area contributed by atoms with Crippen LogP contribution in [0, 0.1) is 12.8 Å². The minimum atomic E-state index is -0.188. The molecule has 0 bridgehead atoms. The number of aryl methyl sites for hydroxylation is 1. The molecule has 0 saturated heterocycles. The number of amides is 1. The Labute approximate surface area is 159 Å². The van der Waals surface area contributed by atoms with E-state index >= 15 is 0 Å². The lowest BCUT2D eigenvalue weighted by Crippen LogP contribution is -2.32. The van der Waals surface area contributed by atoms with Crippen molar-refractivity contribution < 1.29 is 4.79 Å². The van der Waals surface area contributed by atoms with Crippen molar-refractivity contribution in [1.82, 2.24) is 14.7 Å². The molecule has 1 heterocycles. The summed E-state index contributed by atoms with van der Waals surface area (Å²) in [6.45, 7) is 7.05. The molecule has 0 spiro atoms. The molecule has 5 heteroatoms. The van der Waals surface area contributed by atoms with Gasteiger partial charge in [-0.05, 0) is 30.0 Å². The number of fused-ring (bicyclic) bond motifs is 1. The predicted octanol–water partition coefficient (Wildman–Crippen LogP) is 3.63. The first-order valence-corrected chi connectivity index (χ1v) is 9.18. The van der Waals surface area contributed by atoms with E-state index < -0.39 is 0 Å². The Kier molecular flexibility index (Phi) is 5.40. The minimum Gasteiger partial charge on any atom is -0.336 e. The van der Waals surface area contributed by atoms with Crippen LogP contribution in [0.1, 0.15) is 35.5 Å². The van der Waals surface area contributed by atoms with Crippen LogP contribution in [-0.4, -0.2) is 27.6 Å². The Morgan fingerprint density at radius 2 is 1.70 bits per heavy atom. The smallest absolute Gasteiger partial charge is 0.274 e. The maximum atomic E-state index is 13.2. The number of carbonyl (C=O) groups is 1. The molecule has 140 valence electrons. The molecule has 1 amide bonds. The fourth-order valence-corrected chi connectivity index (χ4v) is 3.16. The third-order valence-electron chi connectivity index (χ3n) is 4.62. The van der Waals surface area contributed by atoms with E-state index in [2.05, 4.69) is 5.10 Å². The first kappa shape index (κ1) is 18.8. The first-order valence-electron chi connectivity index (χ1n) is 9.18. The molecule has 0 aliphatic rings. The van der Waals surface area contributed by atoms with Gasteiger partial charge >= 0.3 is 0 Å². The van der Waals surface area contributed by atoms with Gasteiger partial charge in [-0.1, -0.05) is 56.3 Å². The molecule has 27 heavy (non-hydrogen) atoms. The summed E-state index contributed by atoms with van der Waals surface area (Å²) in [5.74, 6) is 0.0657. The van der Waals surface area contributed by atoms with Crippen molar-refractivity contribution in [1.29, 1.82) is 0 Å². The molecule has 5 nitrogen and oxygen atoms in total. The summed E-state index contributed by atoms with van der Waals surface area (Å²) in [4.78, 5) is 27.5. The molecule has 0 N–H and O–H groups in total. The molecule has 0 atom stereocenters. The summed E-state index contributed by atoms with van der Waals surface area (Å²) >= 11 is 0. The minimum absolute atomic E-state index is 0.155. The molecule has 3 aromatic rings. The summed E-state index contributed by atoms with van der Waals surface area (Å²) < 4.78 is 1.42. The number of nitrogens with zero attached hydrogens (tertiary/aromatic N) is 3. The summed E-state index contributed by atoms with van der Waals surface area (Å²) in [5, 5.41) is 5.57. The lowest BCUT2D eigenvalue weighted by molar-refractivity contribution is 0.0778. The van der Waals surface area contributed by atoms with Gasteiger partial charge in [0.15, 0.2) is 5.69 Å². The summed E-state index contributed by atoms with van der Waals surface area (Å²) in [6.07, 6.45) is 0. The van der Waals surface area contributed by atoms with Crippen molar-refractivity contribution >= 4 is 16.7 Å². The number of carbonyl (C=O) groups excluding carboxylic acids is 1. The maximum Gasteiger partial charge on any atom is 0.274 e. The van der Waals surface area contributed by atoms with E-state index in [0.717, 1.165) is 11.1 Å².